The Kier molecular flexibility index (Phi) is 16.0. The van der Waals surface area contributed by atoms with Crippen LogP contribution in [0.25, 0.3) is 179 Å². The third-order valence-electron chi connectivity index (χ3n) is 22.9. The summed E-state index contributed by atoms with van der Waals surface area (Å²) in [5, 5.41) is 4.37. The zero-order chi connectivity index (χ0) is 73.4. The summed E-state index contributed by atoms with van der Waals surface area (Å²) >= 11 is 0. The fraction of sp³-hybridized carbons (Fsp3) is 0.0577. The molecule has 0 aliphatic heterocycles. The summed E-state index contributed by atoms with van der Waals surface area (Å²) in [4.78, 5) is 31.8. The third-order valence-corrected chi connectivity index (χ3v) is 22.9. The molecule has 110 heavy (non-hydrogen) atoms. The summed E-state index contributed by atoms with van der Waals surface area (Å²) in [6, 6.07) is 133. The van der Waals surface area contributed by atoms with Gasteiger partial charge in [-0.15, -0.1) is 0 Å². The van der Waals surface area contributed by atoms with Gasteiger partial charge in [-0.1, -0.05) is 385 Å². The maximum absolute atomic E-state index is 5.38. The first-order valence-corrected chi connectivity index (χ1v) is 37.8. The Morgan fingerprint density at radius 1 is 0.209 bits per heavy atom. The highest BCUT2D eigenvalue weighted by molar-refractivity contribution is 6.06. The smallest absolute Gasteiger partial charge is 0.164 e. The third kappa shape index (κ3) is 11.4. The van der Waals surface area contributed by atoms with E-state index in [4.69, 9.17) is 29.9 Å². The predicted molar refractivity (Wildman–Crippen MR) is 453 cm³/mol. The van der Waals surface area contributed by atoms with Crippen LogP contribution in [0.1, 0.15) is 48.6 Å². The first-order chi connectivity index (χ1) is 54.1. The molecule has 0 amide bonds. The quantitative estimate of drug-likeness (QED) is 0.108. The second-order valence-corrected chi connectivity index (χ2v) is 29.8. The minimum absolute atomic E-state index is 0.338. The molecular formula is C104H72N6. The van der Waals surface area contributed by atoms with Crippen LogP contribution in [-0.2, 0) is 17.3 Å². The van der Waals surface area contributed by atoms with Crippen molar-refractivity contribution in [3.8, 4) is 157 Å². The molecular weight excluding hydrogens is 1330 g/mol. The largest absolute Gasteiger partial charge is 0.208 e. The lowest BCUT2D eigenvalue weighted by Gasteiger charge is -2.30. The highest BCUT2D eigenvalue weighted by atomic mass is 15.0. The molecule has 0 fully saturated rings. The van der Waals surface area contributed by atoms with Gasteiger partial charge in [0, 0.05) is 44.2 Å². The molecule has 18 aromatic rings. The summed E-state index contributed by atoms with van der Waals surface area (Å²) in [5.41, 5.74) is 30.6. The molecule has 0 radical (unpaired) electrons. The molecule has 2 aliphatic carbocycles. The number of aromatic nitrogens is 6. The summed E-state index contributed by atoms with van der Waals surface area (Å²) in [6.45, 7) is 7.33. The van der Waals surface area contributed by atoms with Gasteiger partial charge in [-0.3, -0.25) is 0 Å². The molecule has 0 bridgehead atoms. The Balaban J connectivity index is 0.671. The van der Waals surface area contributed by atoms with Gasteiger partial charge < -0.3 is 0 Å². The van der Waals surface area contributed by atoms with E-state index in [0.29, 0.717) is 34.9 Å². The molecule has 1 atom stereocenters. The van der Waals surface area contributed by atoms with Gasteiger partial charge in [0.25, 0.3) is 0 Å². The van der Waals surface area contributed by atoms with Crippen LogP contribution in [0.15, 0.2) is 370 Å². The van der Waals surface area contributed by atoms with Gasteiger partial charge in [0.15, 0.2) is 34.9 Å². The average Bonchev–Trinajstić information content (AvgIpc) is 1.54. The Morgan fingerprint density at radius 3 is 1.03 bits per heavy atom. The maximum atomic E-state index is 5.38. The van der Waals surface area contributed by atoms with Crippen molar-refractivity contribution in [2.24, 2.45) is 0 Å². The lowest BCUT2D eigenvalue weighted by Crippen LogP contribution is -2.24. The van der Waals surface area contributed by atoms with E-state index in [1.165, 1.54) is 66.8 Å². The van der Waals surface area contributed by atoms with Crippen LogP contribution in [0.4, 0.5) is 0 Å². The van der Waals surface area contributed by atoms with Crippen molar-refractivity contribution in [2.75, 3.05) is 0 Å². The highest BCUT2D eigenvalue weighted by Gasteiger charge is 2.44. The van der Waals surface area contributed by atoms with E-state index >= 15 is 0 Å². The van der Waals surface area contributed by atoms with Crippen LogP contribution in [0.5, 0.6) is 0 Å². The molecule has 1 unspecified atom stereocenters. The van der Waals surface area contributed by atoms with Crippen LogP contribution < -0.4 is 0 Å². The van der Waals surface area contributed by atoms with E-state index in [0.717, 1.165) is 111 Å². The highest BCUT2D eigenvalue weighted by Crippen LogP contribution is 2.59. The SMILES string of the molecule is CC1(C)c2ccccc2-c2c(CC3(C)c4ccccc4-c4c(-c5ccc6c(-c7nc(-c8ccc(-c9ccccc9)cc8)nc(-c8ccc(-c9ccccc9)cc8)n7)cccc6c5)cccc43)ccc(-c3cccc4c(-c5nc(-c6ccc(-c7ccccc7)cc6)nc(-c6ccc(-c7ccccc7)cc6)n5)cccc34)c21. The van der Waals surface area contributed by atoms with E-state index in [1.54, 1.807) is 0 Å². The lowest BCUT2D eigenvalue weighted by molar-refractivity contribution is 0.583. The van der Waals surface area contributed by atoms with Crippen molar-refractivity contribution in [3.05, 3.63) is 398 Å². The van der Waals surface area contributed by atoms with Crippen LogP contribution in [-0.4, -0.2) is 29.9 Å². The minimum Gasteiger partial charge on any atom is -0.208 e. The van der Waals surface area contributed by atoms with Gasteiger partial charge in [0.05, 0.1) is 0 Å². The number of benzene rings is 16. The summed E-state index contributed by atoms with van der Waals surface area (Å²) in [6.07, 6.45) is 0.784. The molecule has 2 aromatic heterocycles. The van der Waals surface area contributed by atoms with E-state index < -0.39 is 5.41 Å². The van der Waals surface area contributed by atoms with Crippen molar-refractivity contribution >= 4 is 21.5 Å². The van der Waals surface area contributed by atoms with Crippen LogP contribution >= 0.6 is 0 Å². The van der Waals surface area contributed by atoms with Gasteiger partial charge in [-0.05, 0) is 151 Å². The van der Waals surface area contributed by atoms with E-state index in [9.17, 15) is 0 Å². The van der Waals surface area contributed by atoms with Gasteiger partial charge >= 0.3 is 0 Å². The van der Waals surface area contributed by atoms with Crippen molar-refractivity contribution in [1.29, 1.82) is 0 Å². The van der Waals surface area contributed by atoms with E-state index in [2.05, 4.69) is 379 Å². The van der Waals surface area contributed by atoms with Gasteiger partial charge in [0.1, 0.15) is 0 Å². The van der Waals surface area contributed by atoms with Gasteiger partial charge in [-0.2, -0.15) is 0 Å². The van der Waals surface area contributed by atoms with Crippen molar-refractivity contribution < 1.29 is 0 Å². The second-order valence-electron chi connectivity index (χ2n) is 29.8. The summed E-state index contributed by atoms with van der Waals surface area (Å²) in [7, 11) is 0. The zero-order valence-electron chi connectivity index (χ0n) is 61.1. The molecule has 0 N–H and O–H groups in total. The molecule has 2 aliphatic rings. The molecule has 0 saturated carbocycles. The molecule has 6 heteroatoms. The van der Waals surface area contributed by atoms with Gasteiger partial charge in [-0.25, -0.2) is 29.9 Å². The zero-order valence-corrected chi connectivity index (χ0v) is 61.1. The molecule has 16 aromatic carbocycles. The second kappa shape index (κ2) is 26.8. The molecule has 2 heterocycles. The van der Waals surface area contributed by atoms with E-state index in [-0.39, 0.29) is 5.41 Å². The Bertz CT molecular complexity index is 6400. The fourth-order valence-corrected chi connectivity index (χ4v) is 17.5. The maximum Gasteiger partial charge on any atom is 0.164 e. The van der Waals surface area contributed by atoms with Crippen LogP contribution in [0.2, 0.25) is 0 Å². The molecule has 0 saturated heterocycles. The molecule has 6 nitrogen and oxygen atoms in total. The van der Waals surface area contributed by atoms with Crippen molar-refractivity contribution in [1.82, 2.24) is 29.9 Å². The monoisotopic (exact) mass is 1400 g/mol. The number of hydrogen-bond acceptors (Lipinski definition) is 6. The van der Waals surface area contributed by atoms with E-state index in [1.807, 2.05) is 12.1 Å². The normalized spacial score (nSPS) is 13.7. The number of rotatable bonds is 14. The Hall–Kier alpha value is -13.9. The first kappa shape index (κ1) is 65.6. The fourth-order valence-electron chi connectivity index (χ4n) is 17.5. The number of hydrogen-bond donors (Lipinski definition) is 0. The minimum atomic E-state index is -0.398. The van der Waals surface area contributed by atoms with Crippen molar-refractivity contribution in [3.63, 3.8) is 0 Å². The molecule has 518 valence electrons. The lowest BCUT2D eigenvalue weighted by atomic mass is 9.72. The Labute approximate surface area is 640 Å². The van der Waals surface area contributed by atoms with Crippen LogP contribution in [0.3, 0.4) is 0 Å². The summed E-state index contributed by atoms with van der Waals surface area (Å²) < 4.78 is 0. The predicted octanol–water partition coefficient (Wildman–Crippen LogP) is 26.2. The standard InChI is InChI=1S/C104H72N6/c1-103(2)91-41-18-16-33-89(91)94-80(61-63-86(96(94)103)84-37-21-38-85-83(84)36-22-40-88(85)102-109-99(76-56-48-72(49-57-76)68-28-12-6-13-29-68)106-100(110-102)77-58-50-73(51-59-77)69-30-14-7-15-31-69)65-104(3)92-42-19-17-34-90(92)95-82(35-23-43-93(95)104)79-60-62-81-78(64-79)32-20-39-87(81)101-107-97(74-52-44-70(45-53-74)66-24-8-4-9-25-66)105-98(108-101)75-54-46-71(47-55-75)67-26-10-5-11-27-67/h4-64H,65H2,1-3H3. The number of nitrogens with zero attached hydrogens (tertiary/aromatic N) is 6. The Morgan fingerprint density at radius 2 is 0.545 bits per heavy atom. The average molecular weight is 1410 g/mol. The first-order valence-electron chi connectivity index (χ1n) is 37.8. The molecule has 0 spiro atoms. The molecule has 20 rings (SSSR count). The van der Waals surface area contributed by atoms with Gasteiger partial charge in [0.2, 0.25) is 0 Å². The topological polar surface area (TPSA) is 77.3 Å². The number of fused-ring (bicyclic) bond motifs is 8. The van der Waals surface area contributed by atoms with Crippen molar-refractivity contribution in [2.45, 2.75) is 38.0 Å². The summed E-state index contributed by atoms with van der Waals surface area (Å²) in [5.74, 6) is 3.70. The van der Waals surface area contributed by atoms with Crippen LogP contribution in [0, 0.1) is 0 Å².